The Balaban J connectivity index is 1.91. The van der Waals surface area contributed by atoms with Crippen LogP contribution in [0.15, 0.2) is 35.4 Å². The molecule has 10 nitrogen and oxygen atoms in total. The molecule has 214 valence electrons. The second kappa shape index (κ2) is 14.0. The highest BCUT2D eigenvalue weighted by molar-refractivity contribution is 6.30. The number of rotatable bonds is 7. The molecule has 0 aromatic heterocycles. The Morgan fingerprint density at radius 1 is 1.16 bits per heavy atom. The smallest absolute Gasteiger partial charge is 0.335 e. The van der Waals surface area contributed by atoms with E-state index < -0.39 is 60.9 Å². The van der Waals surface area contributed by atoms with Crippen LogP contribution < -0.4 is 0 Å². The van der Waals surface area contributed by atoms with E-state index in [1.165, 1.54) is 33.5 Å². The number of halogens is 1. The average molecular weight is 559 g/mol. The average Bonchev–Trinajstić information content (AvgIpc) is 3.47. The number of ether oxygens (including phenoxy) is 6. The maximum Gasteiger partial charge on any atom is 0.335 e. The van der Waals surface area contributed by atoms with Gasteiger partial charge < -0.3 is 38.6 Å². The minimum absolute atomic E-state index is 0.119. The first-order chi connectivity index (χ1) is 18.1. The van der Waals surface area contributed by atoms with Crippen molar-refractivity contribution in [3.8, 4) is 0 Å². The quantitative estimate of drug-likeness (QED) is 0.353. The molecule has 38 heavy (non-hydrogen) atoms. The summed E-state index contributed by atoms with van der Waals surface area (Å²) in [5, 5.41) is 21.3. The topological polar surface area (TPSA) is 130 Å². The summed E-state index contributed by atoms with van der Waals surface area (Å²) in [6.07, 6.45) is 1.59. The fourth-order valence-corrected chi connectivity index (χ4v) is 5.37. The molecule has 0 aromatic rings. The molecule has 0 amide bonds. The number of carbonyl (C=O) groups excluding carboxylic acids is 2. The fourth-order valence-electron chi connectivity index (χ4n) is 5.07. The van der Waals surface area contributed by atoms with Gasteiger partial charge in [-0.15, -0.1) is 0 Å². The van der Waals surface area contributed by atoms with Crippen molar-refractivity contribution >= 4 is 23.5 Å². The third-order valence-electron chi connectivity index (χ3n) is 7.20. The Bertz CT molecular complexity index is 904. The maximum absolute atomic E-state index is 13.2. The summed E-state index contributed by atoms with van der Waals surface area (Å²) in [6, 6.07) is 0. The van der Waals surface area contributed by atoms with Crippen molar-refractivity contribution in [3.05, 3.63) is 35.4 Å². The van der Waals surface area contributed by atoms with Crippen LogP contribution in [0.3, 0.4) is 0 Å². The zero-order chi connectivity index (χ0) is 28.0. The Kier molecular flexibility index (Phi) is 11.3. The van der Waals surface area contributed by atoms with Gasteiger partial charge in [0.05, 0.1) is 25.7 Å². The highest BCUT2D eigenvalue weighted by Gasteiger charge is 2.48. The summed E-state index contributed by atoms with van der Waals surface area (Å²) in [5.41, 5.74) is 0. The Hall–Kier alpha value is -1.79. The number of hydrogen-bond donors (Lipinski definition) is 2. The molecule has 2 N–H and O–H groups in total. The number of methoxy groups -OCH3 is 3. The van der Waals surface area contributed by atoms with Gasteiger partial charge in [0.1, 0.15) is 36.6 Å². The highest BCUT2D eigenvalue weighted by Crippen LogP contribution is 2.36. The number of aliphatic hydroxyl groups is 2. The number of fused-ring (bicyclic) bond motifs is 4. The van der Waals surface area contributed by atoms with E-state index in [1.54, 1.807) is 12.2 Å². The molecule has 3 aliphatic rings. The SMILES string of the molecule is COC(=O)C[C@@H](C)/C=C/[C@@H](OC)[C@@H]1O[C@@H]2C[C@@H]1OC(=O)[C@@H]1O[C@H](C[C@H]1C)[C@@H](O)[C@H](O)/C=C\C=C(/Cl)[C@@H]2OC. The van der Waals surface area contributed by atoms with Gasteiger partial charge >= 0.3 is 11.9 Å². The molecule has 11 atom stereocenters. The first kappa shape index (κ1) is 30.7. The molecule has 3 heterocycles. The molecule has 0 aromatic carbocycles. The summed E-state index contributed by atoms with van der Waals surface area (Å²) in [5.74, 6) is -1.26. The van der Waals surface area contributed by atoms with E-state index >= 15 is 0 Å². The van der Waals surface area contributed by atoms with Crippen LogP contribution in [0.1, 0.15) is 33.1 Å². The highest BCUT2D eigenvalue weighted by atomic mass is 35.5. The van der Waals surface area contributed by atoms with Crippen molar-refractivity contribution in [2.45, 2.75) is 88.0 Å². The Labute approximate surface area is 228 Å². The predicted molar refractivity (Wildman–Crippen MR) is 137 cm³/mol. The molecule has 2 fully saturated rings. The second-order valence-corrected chi connectivity index (χ2v) is 10.5. The van der Waals surface area contributed by atoms with E-state index in [-0.39, 0.29) is 30.6 Å². The van der Waals surface area contributed by atoms with E-state index in [2.05, 4.69) is 0 Å². The molecular weight excluding hydrogens is 520 g/mol. The van der Waals surface area contributed by atoms with Crippen LogP contribution in [0, 0.1) is 11.8 Å². The summed E-state index contributed by atoms with van der Waals surface area (Å²) in [7, 11) is 4.35. The largest absolute Gasteiger partial charge is 0.469 e. The van der Waals surface area contributed by atoms with Crippen LogP contribution in [0.4, 0.5) is 0 Å². The summed E-state index contributed by atoms with van der Waals surface area (Å²) >= 11 is 6.54. The van der Waals surface area contributed by atoms with Crippen LogP contribution in [-0.2, 0) is 38.0 Å². The molecule has 0 radical (unpaired) electrons. The van der Waals surface area contributed by atoms with E-state index in [0.29, 0.717) is 11.5 Å². The van der Waals surface area contributed by atoms with Gasteiger partial charge in [-0.25, -0.2) is 4.79 Å². The minimum Gasteiger partial charge on any atom is -0.469 e. The molecule has 2 saturated heterocycles. The maximum atomic E-state index is 13.2. The molecule has 0 aliphatic carbocycles. The Morgan fingerprint density at radius 2 is 1.89 bits per heavy atom. The van der Waals surface area contributed by atoms with Crippen LogP contribution >= 0.6 is 11.6 Å². The van der Waals surface area contributed by atoms with Crippen molar-refractivity contribution in [2.24, 2.45) is 11.8 Å². The second-order valence-electron chi connectivity index (χ2n) is 10.1. The summed E-state index contributed by atoms with van der Waals surface area (Å²) in [4.78, 5) is 24.9. The zero-order valence-electron chi connectivity index (χ0n) is 22.4. The molecule has 3 aliphatic heterocycles. The summed E-state index contributed by atoms with van der Waals surface area (Å²) < 4.78 is 34.2. The van der Waals surface area contributed by atoms with Crippen LogP contribution in [0.5, 0.6) is 0 Å². The molecule has 3 rings (SSSR count). The molecule has 0 spiro atoms. The number of carbonyl (C=O) groups is 2. The van der Waals surface area contributed by atoms with Crippen LogP contribution in [-0.4, -0.2) is 98.4 Å². The molecule has 11 heteroatoms. The third-order valence-corrected chi connectivity index (χ3v) is 7.55. The number of allylic oxidation sites excluding steroid dienone is 3. The lowest BCUT2D eigenvalue weighted by Crippen LogP contribution is -2.41. The van der Waals surface area contributed by atoms with Crippen LogP contribution in [0.2, 0.25) is 0 Å². The van der Waals surface area contributed by atoms with Gasteiger partial charge in [-0.3, -0.25) is 4.79 Å². The standard InChI is InChI=1S/C27H39ClO10/c1-14(11-22(30)34-4)9-10-18(33-3)26-21-13-20(37-26)25(35-5)16(28)7-6-8-17(29)23(31)19-12-15(2)24(36-19)27(32)38-21/h6-10,14-15,17-21,23-26,29,31H,11-13H2,1-5H3/b8-6-,10-9+,16-7-/t14-,15+,17+,18+,19+,20+,21-,23-,24+,25-,26-/m0/s1. The molecule has 4 bridgehead atoms. The van der Waals surface area contributed by atoms with Gasteiger partial charge in [0.15, 0.2) is 6.10 Å². The monoisotopic (exact) mass is 558 g/mol. The van der Waals surface area contributed by atoms with Gasteiger partial charge in [-0.1, -0.05) is 49.8 Å². The lowest BCUT2D eigenvalue weighted by atomic mass is 9.97. The van der Waals surface area contributed by atoms with Crippen molar-refractivity contribution < 1.29 is 48.2 Å². The third kappa shape index (κ3) is 7.44. The minimum atomic E-state index is -1.23. The van der Waals surface area contributed by atoms with Crippen molar-refractivity contribution in [1.29, 1.82) is 0 Å². The van der Waals surface area contributed by atoms with Gasteiger partial charge in [0.25, 0.3) is 0 Å². The lowest BCUT2D eigenvalue weighted by molar-refractivity contribution is -0.172. The first-order valence-electron chi connectivity index (χ1n) is 12.8. The van der Waals surface area contributed by atoms with Crippen molar-refractivity contribution in [3.63, 3.8) is 0 Å². The summed E-state index contributed by atoms with van der Waals surface area (Å²) in [6.45, 7) is 3.71. The van der Waals surface area contributed by atoms with E-state index in [4.69, 9.17) is 40.0 Å². The van der Waals surface area contributed by atoms with E-state index in [9.17, 15) is 19.8 Å². The molecule has 0 unspecified atom stereocenters. The number of hydrogen-bond acceptors (Lipinski definition) is 10. The van der Waals surface area contributed by atoms with Gasteiger partial charge in [0, 0.05) is 25.7 Å². The molecular formula is C27H39ClO10. The van der Waals surface area contributed by atoms with Crippen molar-refractivity contribution in [2.75, 3.05) is 21.3 Å². The van der Waals surface area contributed by atoms with E-state index in [1.807, 2.05) is 19.9 Å². The van der Waals surface area contributed by atoms with E-state index in [0.717, 1.165) is 0 Å². The van der Waals surface area contributed by atoms with Crippen LogP contribution in [0.25, 0.3) is 0 Å². The van der Waals surface area contributed by atoms with Gasteiger partial charge in [-0.05, 0) is 24.3 Å². The predicted octanol–water partition coefficient (Wildman–Crippen LogP) is 2.05. The lowest BCUT2D eigenvalue weighted by Gasteiger charge is -2.27. The van der Waals surface area contributed by atoms with Gasteiger partial charge in [0.2, 0.25) is 0 Å². The number of esters is 2. The number of aliphatic hydroxyl groups excluding tert-OH is 2. The van der Waals surface area contributed by atoms with Gasteiger partial charge in [-0.2, -0.15) is 0 Å². The van der Waals surface area contributed by atoms with Crippen molar-refractivity contribution in [1.82, 2.24) is 0 Å². The Morgan fingerprint density at radius 3 is 2.55 bits per heavy atom. The first-order valence-corrected chi connectivity index (χ1v) is 13.2. The molecule has 0 saturated carbocycles. The zero-order valence-corrected chi connectivity index (χ0v) is 23.2. The normalized spacial score (nSPS) is 39.9. The fraction of sp³-hybridized carbons (Fsp3) is 0.704.